The molecule has 0 aromatic heterocycles. The van der Waals surface area contributed by atoms with Crippen LogP contribution < -0.4 is 10.1 Å². The van der Waals surface area contributed by atoms with Crippen LogP contribution in [0.5, 0.6) is 5.75 Å². The highest BCUT2D eigenvalue weighted by Crippen LogP contribution is 2.27. The van der Waals surface area contributed by atoms with Crippen molar-refractivity contribution in [3.8, 4) is 5.75 Å². The Morgan fingerprint density at radius 3 is 2.80 bits per heavy atom. The smallest absolute Gasteiger partial charge is 0.236 e. The van der Waals surface area contributed by atoms with Gasteiger partial charge in [0.2, 0.25) is 5.91 Å². The molecule has 2 rings (SSSR count). The van der Waals surface area contributed by atoms with Gasteiger partial charge >= 0.3 is 0 Å². The molecule has 1 amide bonds. The lowest BCUT2D eigenvalue weighted by molar-refractivity contribution is -0.129. The molecular weight excluding hydrogens is 252 g/mol. The van der Waals surface area contributed by atoms with Crippen LogP contribution in [0, 0.1) is 12.8 Å². The number of carbonyl (C=O) groups excluding carboxylic acids is 1. The van der Waals surface area contributed by atoms with E-state index in [1.165, 1.54) is 12.8 Å². The summed E-state index contributed by atoms with van der Waals surface area (Å²) in [6.07, 6.45) is 2.62. The summed E-state index contributed by atoms with van der Waals surface area (Å²) in [6.45, 7) is 4.06. The molecule has 0 bridgehead atoms. The molecule has 0 saturated heterocycles. The quantitative estimate of drug-likeness (QED) is 0.828. The fourth-order valence-corrected chi connectivity index (χ4v) is 2.24. The van der Waals surface area contributed by atoms with E-state index >= 15 is 0 Å². The van der Waals surface area contributed by atoms with E-state index in [1.54, 1.807) is 12.0 Å². The number of methoxy groups -OCH3 is 1. The fraction of sp³-hybridized carbons (Fsp3) is 0.562. The summed E-state index contributed by atoms with van der Waals surface area (Å²) in [5, 5.41) is 3.23. The molecular formula is C16H24N2O2. The highest BCUT2D eigenvalue weighted by atomic mass is 16.5. The Morgan fingerprint density at radius 1 is 1.45 bits per heavy atom. The first kappa shape index (κ1) is 14.9. The number of hydrogen-bond acceptors (Lipinski definition) is 3. The Morgan fingerprint density at radius 2 is 2.20 bits per heavy atom. The van der Waals surface area contributed by atoms with E-state index < -0.39 is 0 Å². The van der Waals surface area contributed by atoms with Gasteiger partial charge in [-0.05, 0) is 49.4 Å². The Hall–Kier alpha value is -1.55. The first-order valence-electron chi connectivity index (χ1n) is 7.18. The zero-order chi connectivity index (χ0) is 14.5. The molecule has 1 aliphatic rings. The summed E-state index contributed by atoms with van der Waals surface area (Å²) in [5.41, 5.74) is 2.22. The Labute approximate surface area is 121 Å². The summed E-state index contributed by atoms with van der Waals surface area (Å²) in [5.74, 6) is 1.82. The number of nitrogens with zero attached hydrogens (tertiary/aromatic N) is 1. The molecule has 0 spiro atoms. The van der Waals surface area contributed by atoms with Crippen molar-refractivity contribution in [2.75, 3.05) is 27.2 Å². The van der Waals surface area contributed by atoms with Crippen LogP contribution in [0.15, 0.2) is 18.2 Å². The highest BCUT2D eigenvalue weighted by molar-refractivity contribution is 5.77. The fourth-order valence-electron chi connectivity index (χ4n) is 2.24. The van der Waals surface area contributed by atoms with Crippen molar-refractivity contribution in [3.05, 3.63) is 29.3 Å². The largest absolute Gasteiger partial charge is 0.496 e. The number of hydrogen-bond donors (Lipinski definition) is 1. The minimum absolute atomic E-state index is 0.138. The molecule has 4 heteroatoms. The summed E-state index contributed by atoms with van der Waals surface area (Å²) < 4.78 is 5.24. The van der Waals surface area contributed by atoms with Crippen molar-refractivity contribution in [1.29, 1.82) is 0 Å². The van der Waals surface area contributed by atoms with E-state index in [9.17, 15) is 4.79 Å². The summed E-state index contributed by atoms with van der Waals surface area (Å²) in [6, 6.07) is 6.03. The third kappa shape index (κ3) is 4.23. The van der Waals surface area contributed by atoms with Crippen LogP contribution >= 0.6 is 0 Å². The second-order valence-electron chi connectivity index (χ2n) is 5.63. The number of rotatable bonds is 7. The van der Waals surface area contributed by atoms with Crippen molar-refractivity contribution in [2.45, 2.75) is 26.3 Å². The molecule has 1 fully saturated rings. The van der Waals surface area contributed by atoms with Gasteiger partial charge in [0.05, 0.1) is 13.7 Å². The van der Waals surface area contributed by atoms with Crippen molar-refractivity contribution in [1.82, 2.24) is 10.2 Å². The number of likely N-dealkylation sites (N-methyl/N-ethyl adjacent to an activating group) is 1. The number of nitrogens with one attached hydrogen (secondary N) is 1. The van der Waals surface area contributed by atoms with Crippen LogP contribution in [0.4, 0.5) is 0 Å². The van der Waals surface area contributed by atoms with E-state index in [4.69, 9.17) is 4.74 Å². The maximum atomic E-state index is 12.0. The molecule has 0 unspecified atom stereocenters. The molecule has 20 heavy (non-hydrogen) atoms. The van der Waals surface area contributed by atoms with Crippen molar-refractivity contribution < 1.29 is 9.53 Å². The molecule has 0 aliphatic heterocycles. The Balaban J connectivity index is 1.81. The van der Waals surface area contributed by atoms with Gasteiger partial charge in [-0.25, -0.2) is 0 Å². The SMILES string of the molecule is COc1ccc(CN(C)C(=O)CNCC2CC2)cc1C. The molecule has 1 aromatic rings. The van der Waals surface area contributed by atoms with E-state index in [0.717, 1.165) is 29.3 Å². The lowest BCUT2D eigenvalue weighted by atomic mass is 10.1. The van der Waals surface area contributed by atoms with E-state index in [-0.39, 0.29) is 5.91 Å². The van der Waals surface area contributed by atoms with Gasteiger partial charge in [-0.3, -0.25) is 4.79 Å². The van der Waals surface area contributed by atoms with Crippen LogP contribution in [0.1, 0.15) is 24.0 Å². The van der Waals surface area contributed by atoms with E-state index in [1.807, 2.05) is 26.1 Å². The summed E-state index contributed by atoms with van der Waals surface area (Å²) in [4.78, 5) is 13.8. The van der Waals surface area contributed by atoms with Gasteiger partial charge in [0.1, 0.15) is 5.75 Å². The topological polar surface area (TPSA) is 41.6 Å². The number of aryl methyl sites for hydroxylation is 1. The van der Waals surface area contributed by atoms with E-state index in [0.29, 0.717) is 13.1 Å². The monoisotopic (exact) mass is 276 g/mol. The minimum atomic E-state index is 0.138. The molecule has 1 N–H and O–H groups in total. The molecule has 1 aliphatic carbocycles. The van der Waals surface area contributed by atoms with Crippen LogP contribution in [-0.4, -0.2) is 38.1 Å². The predicted molar refractivity (Wildman–Crippen MR) is 79.8 cm³/mol. The molecule has 0 heterocycles. The lowest BCUT2D eigenvalue weighted by Gasteiger charge is -2.18. The van der Waals surface area contributed by atoms with Gasteiger partial charge in [-0.15, -0.1) is 0 Å². The molecule has 110 valence electrons. The third-order valence-corrected chi connectivity index (χ3v) is 3.71. The van der Waals surface area contributed by atoms with Gasteiger partial charge in [0.15, 0.2) is 0 Å². The van der Waals surface area contributed by atoms with E-state index in [2.05, 4.69) is 11.4 Å². The standard InChI is InChI=1S/C16H24N2O2/c1-12-8-14(6-7-15(12)20-3)11-18(2)16(19)10-17-9-13-4-5-13/h6-8,13,17H,4-5,9-11H2,1-3H3. The molecule has 1 aromatic carbocycles. The normalized spacial score (nSPS) is 14.2. The third-order valence-electron chi connectivity index (χ3n) is 3.71. The zero-order valence-corrected chi connectivity index (χ0v) is 12.6. The Kier molecular flexibility index (Phi) is 5.01. The second kappa shape index (κ2) is 6.75. The first-order chi connectivity index (χ1) is 9.60. The summed E-state index contributed by atoms with van der Waals surface area (Å²) in [7, 11) is 3.52. The van der Waals surface area contributed by atoms with Crippen LogP contribution in [0.25, 0.3) is 0 Å². The number of ether oxygens (including phenoxy) is 1. The maximum Gasteiger partial charge on any atom is 0.236 e. The lowest BCUT2D eigenvalue weighted by Crippen LogP contribution is -2.35. The molecule has 0 radical (unpaired) electrons. The van der Waals surface area contributed by atoms with Crippen LogP contribution in [0.3, 0.4) is 0 Å². The van der Waals surface area contributed by atoms with Crippen LogP contribution in [0.2, 0.25) is 0 Å². The number of carbonyl (C=O) groups is 1. The molecule has 0 atom stereocenters. The van der Waals surface area contributed by atoms with Crippen molar-refractivity contribution in [3.63, 3.8) is 0 Å². The molecule has 1 saturated carbocycles. The van der Waals surface area contributed by atoms with Gasteiger partial charge < -0.3 is 15.0 Å². The number of amides is 1. The average Bonchev–Trinajstić information content (AvgIpc) is 3.23. The zero-order valence-electron chi connectivity index (χ0n) is 12.6. The van der Waals surface area contributed by atoms with Gasteiger partial charge in [-0.1, -0.05) is 12.1 Å². The van der Waals surface area contributed by atoms with Gasteiger partial charge in [0, 0.05) is 13.6 Å². The molecule has 4 nitrogen and oxygen atoms in total. The van der Waals surface area contributed by atoms with Crippen molar-refractivity contribution in [2.24, 2.45) is 5.92 Å². The van der Waals surface area contributed by atoms with Gasteiger partial charge in [0.25, 0.3) is 0 Å². The minimum Gasteiger partial charge on any atom is -0.496 e. The number of benzene rings is 1. The van der Waals surface area contributed by atoms with Crippen LogP contribution in [-0.2, 0) is 11.3 Å². The average molecular weight is 276 g/mol. The Bertz CT molecular complexity index is 470. The first-order valence-corrected chi connectivity index (χ1v) is 7.18. The van der Waals surface area contributed by atoms with Crippen molar-refractivity contribution >= 4 is 5.91 Å². The van der Waals surface area contributed by atoms with Gasteiger partial charge in [-0.2, -0.15) is 0 Å². The second-order valence-corrected chi connectivity index (χ2v) is 5.63. The summed E-state index contributed by atoms with van der Waals surface area (Å²) >= 11 is 0. The highest BCUT2D eigenvalue weighted by Gasteiger charge is 2.21. The maximum absolute atomic E-state index is 12.0. The predicted octanol–water partition coefficient (Wildman–Crippen LogP) is 1.96.